The molecule has 0 bridgehead atoms. The first-order valence-electron chi connectivity index (χ1n) is 9.96. The summed E-state index contributed by atoms with van der Waals surface area (Å²) in [7, 11) is 3.36. The average molecular weight is 376 g/mol. The molecule has 150 valence electrons. The van der Waals surface area contributed by atoms with E-state index in [-0.39, 0.29) is 0 Å². The van der Waals surface area contributed by atoms with Crippen molar-refractivity contribution in [1.82, 2.24) is 9.80 Å². The highest BCUT2D eigenvalue weighted by Gasteiger charge is 2.38. The lowest BCUT2D eigenvalue weighted by molar-refractivity contribution is -0.142. The van der Waals surface area contributed by atoms with Crippen molar-refractivity contribution < 1.29 is 19.0 Å². The standard InChI is InChI=1S/C21H32N2O4/c1-4-27-20-13-16(5-7-19(20)26-3)14-22-10-9-18-17(15-22)6-8-21(24)23(18)11-12-25-2/h5,7,13,17-18H,4,6,8-12,14-15H2,1-3H3/t17-,18+/m1/s1. The van der Waals surface area contributed by atoms with E-state index in [0.29, 0.717) is 44.0 Å². The second kappa shape index (κ2) is 9.42. The molecule has 0 spiro atoms. The second-order valence-corrected chi connectivity index (χ2v) is 7.39. The van der Waals surface area contributed by atoms with Crippen LogP contribution >= 0.6 is 0 Å². The van der Waals surface area contributed by atoms with E-state index in [1.807, 2.05) is 13.0 Å². The first kappa shape index (κ1) is 20.0. The van der Waals surface area contributed by atoms with Crippen molar-refractivity contribution in [1.29, 1.82) is 0 Å². The lowest BCUT2D eigenvalue weighted by atomic mass is 9.83. The van der Waals surface area contributed by atoms with Gasteiger partial charge in [0.25, 0.3) is 0 Å². The molecule has 0 aromatic heterocycles. The van der Waals surface area contributed by atoms with Crippen molar-refractivity contribution >= 4 is 5.91 Å². The van der Waals surface area contributed by atoms with Crippen molar-refractivity contribution in [2.45, 2.75) is 38.8 Å². The van der Waals surface area contributed by atoms with Gasteiger partial charge in [-0.2, -0.15) is 0 Å². The highest BCUT2D eigenvalue weighted by molar-refractivity contribution is 5.77. The largest absolute Gasteiger partial charge is 0.493 e. The molecule has 3 rings (SSSR count). The summed E-state index contributed by atoms with van der Waals surface area (Å²) in [6, 6.07) is 6.55. The Morgan fingerprint density at radius 3 is 2.78 bits per heavy atom. The highest BCUT2D eigenvalue weighted by Crippen LogP contribution is 2.33. The predicted octanol–water partition coefficient (Wildman–Crippen LogP) is 2.55. The van der Waals surface area contributed by atoms with Crippen LogP contribution in [0.3, 0.4) is 0 Å². The molecule has 0 saturated carbocycles. The SMILES string of the molecule is CCOc1cc(CN2CC[C@H]3[C@H](CCC(=O)N3CCOC)C2)ccc1OC. The molecule has 6 heteroatoms. The van der Waals surface area contributed by atoms with Crippen LogP contribution in [-0.4, -0.2) is 68.8 Å². The molecule has 0 radical (unpaired) electrons. The number of rotatable bonds is 8. The Morgan fingerprint density at radius 1 is 1.19 bits per heavy atom. The molecule has 2 heterocycles. The maximum atomic E-state index is 12.3. The second-order valence-electron chi connectivity index (χ2n) is 7.39. The van der Waals surface area contributed by atoms with Gasteiger partial charge in [0, 0.05) is 45.8 Å². The van der Waals surface area contributed by atoms with E-state index in [0.717, 1.165) is 44.0 Å². The van der Waals surface area contributed by atoms with Crippen LogP contribution in [0, 0.1) is 5.92 Å². The van der Waals surface area contributed by atoms with Crippen LogP contribution in [0.25, 0.3) is 0 Å². The Bertz CT molecular complexity index is 637. The van der Waals surface area contributed by atoms with Crippen LogP contribution in [0.4, 0.5) is 0 Å². The van der Waals surface area contributed by atoms with E-state index in [1.54, 1.807) is 14.2 Å². The van der Waals surface area contributed by atoms with Gasteiger partial charge in [-0.15, -0.1) is 0 Å². The van der Waals surface area contributed by atoms with Gasteiger partial charge in [0.1, 0.15) is 0 Å². The lowest BCUT2D eigenvalue weighted by Gasteiger charge is -2.47. The van der Waals surface area contributed by atoms with Crippen LogP contribution in [0.5, 0.6) is 11.5 Å². The summed E-state index contributed by atoms with van der Waals surface area (Å²) < 4.78 is 16.3. The number of methoxy groups -OCH3 is 2. The van der Waals surface area contributed by atoms with E-state index >= 15 is 0 Å². The molecule has 2 atom stereocenters. The first-order chi connectivity index (χ1) is 13.2. The third-order valence-electron chi connectivity index (χ3n) is 5.70. The van der Waals surface area contributed by atoms with Crippen LogP contribution in [-0.2, 0) is 16.1 Å². The van der Waals surface area contributed by atoms with Crippen molar-refractivity contribution in [2.24, 2.45) is 5.92 Å². The molecule has 27 heavy (non-hydrogen) atoms. The Morgan fingerprint density at radius 2 is 2.04 bits per heavy atom. The Balaban J connectivity index is 1.63. The Hall–Kier alpha value is -1.79. The molecule has 0 aliphatic carbocycles. The van der Waals surface area contributed by atoms with Gasteiger partial charge in [-0.05, 0) is 43.4 Å². The van der Waals surface area contributed by atoms with Crippen molar-refractivity contribution in [2.75, 3.05) is 47.1 Å². The fourth-order valence-corrected chi connectivity index (χ4v) is 4.40. The normalized spacial score (nSPS) is 23.2. The minimum atomic E-state index is 0.290. The summed E-state index contributed by atoms with van der Waals surface area (Å²) in [4.78, 5) is 16.9. The van der Waals surface area contributed by atoms with E-state index in [9.17, 15) is 4.79 Å². The highest BCUT2D eigenvalue weighted by atomic mass is 16.5. The molecule has 1 aromatic carbocycles. The number of amides is 1. The maximum absolute atomic E-state index is 12.3. The molecule has 2 aliphatic rings. The predicted molar refractivity (Wildman–Crippen MR) is 104 cm³/mol. The molecule has 6 nitrogen and oxygen atoms in total. The lowest BCUT2D eigenvalue weighted by Crippen LogP contribution is -2.56. The first-order valence-corrected chi connectivity index (χ1v) is 9.96. The van der Waals surface area contributed by atoms with E-state index in [1.165, 1.54) is 5.56 Å². The van der Waals surface area contributed by atoms with Gasteiger partial charge in [0.05, 0.1) is 20.3 Å². The van der Waals surface area contributed by atoms with Gasteiger partial charge in [0.15, 0.2) is 11.5 Å². The number of carbonyl (C=O) groups is 1. The van der Waals surface area contributed by atoms with Gasteiger partial charge in [-0.3, -0.25) is 9.69 Å². The van der Waals surface area contributed by atoms with Gasteiger partial charge >= 0.3 is 0 Å². The molecular weight excluding hydrogens is 344 g/mol. The minimum Gasteiger partial charge on any atom is -0.493 e. The van der Waals surface area contributed by atoms with E-state index in [4.69, 9.17) is 14.2 Å². The smallest absolute Gasteiger partial charge is 0.222 e. The third kappa shape index (κ3) is 4.74. The van der Waals surface area contributed by atoms with Gasteiger partial charge in [0.2, 0.25) is 5.91 Å². The molecule has 1 aromatic rings. The summed E-state index contributed by atoms with van der Waals surface area (Å²) in [6.45, 7) is 6.89. The van der Waals surface area contributed by atoms with Crippen LogP contribution in [0.15, 0.2) is 18.2 Å². The summed E-state index contributed by atoms with van der Waals surface area (Å²) in [6.07, 6.45) is 2.70. The van der Waals surface area contributed by atoms with Crippen LogP contribution in [0.1, 0.15) is 31.7 Å². The molecular formula is C21H32N2O4. The minimum absolute atomic E-state index is 0.290. The number of benzene rings is 1. The van der Waals surface area contributed by atoms with Gasteiger partial charge in [-0.1, -0.05) is 6.07 Å². The quantitative estimate of drug-likeness (QED) is 0.698. The number of likely N-dealkylation sites (tertiary alicyclic amines) is 2. The monoisotopic (exact) mass is 376 g/mol. The zero-order valence-corrected chi connectivity index (χ0v) is 16.8. The Kier molecular flexibility index (Phi) is 6.96. The van der Waals surface area contributed by atoms with Crippen LogP contribution < -0.4 is 9.47 Å². The van der Waals surface area contributed by atoms with Crippen molar-refractivity contribution in [3.63, 3.8) is 0 Å². The molecule has 2 saturated heterocycles. The average Bonchev–Trinajstić information content (AvgIpc) is 2.68. The zero-order valence-electron chi connectivity index (χ0n) is 16.8. The summed E-state index contributed by atoms with van der Waals surface area (Å²) >= 11 is 0. The van der Waals surface area contributed by atoms with Crippen molar-refractivity contribution in [3.8, 4) is 11.5 Å². The number of carbonyl (C=O) groups excluding carboxylic acids is 1. The summed E-state index contributed by atoms with van der Waals surface area (Å²) in [5, 5.41) is 0. The number of hydrogen-bond acceptors (Lipinski definition) is 5. The van der Waals surface area contributed by atoms with E-state index < -0.39 is 0 Å². The zero-order chi connectivity index (χ0) is 19.2. The number of fused-ring (bicyclic) bond motifs is 1. The third-order valence-corrected chi connectivity index (χ3v) is 5.70. The number of nitrogens with zero attached hydrogens (tertiary/aromatic N) is 2. The van der Waals surface area contributed by atoms with Gasteiger partial charge < -0.3 is 19.1 Å². The molecule has 1 amide bonds. The van der Waals surface area contributed by atoms with Crippen LogP contribution in [0.2, 0.25) is 0 Å². The topological polar surface area (TPSA) is 51.2 Å². The van der Waals surface area contributed by atoms with E-state index in [2.05, 4.69) is 21.9 Å². The maximum Gasteiger partial charge on any atom is 0.222 e. The van der Waals surface area contributed by atoms with Crippen molar-refractivity contribution in [3.05, 3.63) is 23.8 Å². The number of ether oxygens (including phenoxy) is 3. The number of hydrogen-bond donors (Lipinski definition) is 0. The number of piperidine rings is 2. The Labute approximate surface area is 162 Å². The molecule has 0 N–H and O–H groups in total. The van der Waals surface area contributed by atoms with Gasteiger partial charge in [-0.25, -0.2) is 0 Å². The fourth-order valence-electron chi connectivity index (χ4n) is 4.40. The molecule has 2 aliphatic heterocycles. The molecule has 2 fully saturated rings. The molecule has 0 unspecified atom stereocenters. The summed E-state index contributed by atoms with van der Waals surface area (Å²) in [5.41, 5.74) is 1.24. The fraction of sp³-hybridized carbons (Fsp3) is 0.667. The summed E-state index contributed by atoms with van der Waals surface area (Å²) in [5.74, 6) is 2.43.